The fraction of sp³-hybridized carbons (Fsp3) is 0.250. The molecule has 8 heteroatoms. The topological polar surface area (TPSA) is 90.0 Å². The lowest BCUT2D eigenvalue weighted by atomic mass is 9.89. The smallest absolute Gasteiger partial charge is 0.270 e. The van der Waals surface area contributed by atoms with Crippen molar-refractivity contribution in [2.75, 3.05) is 31.8 Å². The third kappa shape index (κ3) is 5.02. The Labute approximate surface area is 209 Å². The second kappa shape index (κ2) is 9.72. The molecule has 1 N–H and O–H groups in total. The molecular weight excluding hydrogens is 458 g/mol. The second-order valence-electron chi connectivity index (χ2n) is 9.01. The van der Waals surface area contributed by atoms with Crippen LogP contribution in [0.15, 0.2) is 66.9 Å². The highest BCUT2D eigenvalue weighted by atomic mass is 16.5. The molecule has 1 unspecified atom stereocenters. The number of likely N-dealkylation sites (N-methyl/N-ethyl adjacent to an activating group) is 1. The molecule has 2 amide bonds. The molecule has 0 spiro atoms. The van der Waals surface area contributed by atoms with Gasteiger partial charge in [-0.2, -0.15) is 0 Å². The van der Waals surface area contributed by atoms with E-state index in [0.717, 1.165) is 5.56 Å². The summed E-state index contributed by atoms with van der Waals surface area (Å²) in [5.74, 6) is 7.25. The Morgan fingerprint density at radius 1 is 1.14 bits per heavy atom. The van der Waals surface area contributed by atoms with Gasteiger partial charge in [0, 0.05) is 24.9 Å². The summed E-state index contributed by atoms with van der Waals surface area (Å²) in [6.45, 7) is 3.27. The van der Waals surface area contributed by atoms with Crippen LogP contribution in [0.1, 0.15) is 23.0 Å². The molecule has 3 aromatic rings. The predicted octanol–water partition coefficient (Wildman–Crippen LogP) is 3.42. The molecule has 0 saturated carbocycles. The Balaban J connectivity index is 1.29. The largest absolute Gasteiger partial charge is 0.489 e. The third-order valence-corrected chi connectivity index (χ3v) is 5.95. The van der Waals surface area contributed by atoms with E-state index in [1.807, 2.05) is 42.5 Å². The number of pyridine rings is 1. The molecule has 182 valence electrons. The minimum atomic E-state index is -0.893. The van der Waals surface area contributed by atoms with Crippen molar-refractivity contribution < 1.29 is 23.8 Å². The highest BCUT2D eigenvalue weighted by Gasteiger charge is 2.32. The Hall–Kier alpha value is -4.35. The van der Waals surface area contributed by atoms with Crippen LogP contribution in [0, 0.1) is 17.3 Å². The molecule has 3 heterocycles. The second-order valence-corrected chi connectivity index (χ2v) is 9.01. The lowest BCUT2D eigenvalue weighted by molar-refractivity contribution is -0.120. The monoisotopic (exact) mass is 483 g/mol. The molecule has 1 atom stereocenters. The molecule has 5 rings (SSSR count). The molecule has 1 fully saturated rings. The van der Waals surface area contributed by atoms with Crippen LogP contribution in [0.2, 0.25) is 0 Å². The van der Waals surface area contributed by atoms with Crippen LogP contribution in [-0.2, 0) is 9.53 Å². The van der Waals surface area contributed by atoms with Crippen molar-refractivity contribution in [3.05, 3.63) is 78.1 Å². The first-order valence-electron chi connectivity index (χ1n) is 11.6. The zero-order valence-corrected chi connectivity index (χ0v) is 20.0. The molecule has 8 nitrogen and oxygen atoms in total. The fourth-order valence-electron chi connectivity index (χ4n) is 3.84. The Morgan fingerprint density at radius 3 is 2.69 bits per heavy atom. The van der Waals surface area contributed by atoms with E-state index >= 15 is 0 Å². The summed E-state index contributed by atoms with van der Waals surface area (Å²) in [7, 11) is 1.65. The van der Waals surface area contributed by atoms with E-state index in [-0.39, 0.29) is 23.6 Å². The van der Waals surface area contributed by atoms with Gasteiger partial charge < -0.3 is 24.4 Å². The number of aromatic nitrogens is 1. The maximum Gasteiger partial charge on any atom is 0.270 e. The lowest BCUT2D eigenvalue weighted by Gasteiger charge is -2.32. The number of carbonyl (C=O) groups excluding carboxylic acids is 2. The van der Waals surface area contributed by atoms with Crippen molar-refractivity contribution in [1.29, 1.82) is 0 Å². The molecule has 2 aromatic carbocycles. The molecule has 1 aromatic heterocycles. The number of amides is 2. The molecule has 2 aliphatic heterocycles. The summed E-state index contributed by atoms with van der Waals surface area (Å²) in [5, 5.41) is 2.74. The van der Waals surface area contributed by atoms with Crippen LogP contribution in [0.25, 0.3) is 0 Å². The number of carbonyl (C=O) groups is 2. The molecule has 1 saturated heterocycles. The van der Waals surface area contributed by atoms with E-state index in [4.69, 9.17) is 14.2 Å². The third-order valence-electron chi connectivity index (χ3n) is 5.95. The Morgan fingerprint density at radius 2 is 1.94 bits per heavy atom. The molecule has 0 bridgehead atoms. The first-order chi connectivity index (χ1) is 17.4. The number of nitrogens with one attached hydrogen (secondary N) is 1. The van der Waals surface area contributed by atoms with Crippen molar-refractivity contribution in [2.45, 2.75) is 13.0 Å². The number of para-hydroxylation sites is 1. The van der Waals surface area contributed by atoms with Gasteiger partial charge in [0.2, 0.25) is 0 Å². The van der Waals surface area contributed by atoms with Crippen molar-refractivity contribution in [3.8, 4) is 29.1 Å². The fourth-order valence-corrected chi connectivity index (χ4v) is 3.84. The minimum absolute atomic E-state index is 0.0114. The summed E-state index contributed by atoms with van der Waals surface area (Å²) in [6, 6.07) is 17.0. The van der Waals surface area contributed by atoms with Gasteiger partial charge in [0.25, 0.3) is 11.8 Å². The zero-order valence-electron chi connectivity index (χ0n) is 20.0. The van der Waals surface area contributed by atoms with Crippen LogP contribution in [0.3, 0.4) is 0 Å². The first-order valence-corrected chi connectivity index (χ1v) is 11.6. The predicted molar refractivity (Wildman–Crippen MR) is 133 cm³/mol. The number of rotatable bonds is 4. The van der Waals surface area contributed by atoms with Gasteiger partial charge in [0.05, 0.1) is 24.3 Å². The number of ether oxygens (including phenoxy) is 3. The van der Waals surface area contributed by atoms with E-state index in [1.165, 1.54) is 17.2 Å². The van der Waals surface area contributed by atoms with Crippen LogP contribution in [0.5, 0.6) is 17.2 Å². The summed E-state index contributed by atoms with van der Waals surface area (Å²) >= 11 is 0. The molecular formula is C28H25N3O5. The van der Waals surface area contributed by atoms with Gasteiger partial charge in [-0.1, -0.05) is 30.0 Å². The van der Waals surface area contributed by atoms with Gasteiger partial charge in [0.15, 0.2) is 0 Å². The van der Waals surface area contributed by atoms with Crippen LogP contribution in [-0.4, -0.2) is 49.7 Å². The Kier molecular flexibility index (Phi) is 6.32. The van der Waals surface area contributed by atoms with Gasteiger partial charge >= 0.3 is 0 Å². The lowest BCUT2D eigenvalue weighted by Crippen LogP contribution is -2.49. The average Bonchev–Trinajstić information content (AvgIpc) is 2.99. The van der Waals surface area contributed by atoms with E-state index in [0.29, 0.717) is 36.1 Å². The number of fused-ring (bicyclic) bond motifs is 1. The van der Waals surface area contributed by atoms with E-state index in [1.54, 1.807) is 19.2 Å². The van der Waals surface area contributed by atoms with Crippen molar-refractivity contribution >= 4 is 17.5 Å². The van der Waals surface area contributed by atoms with E-state index in [2.05, 4.69) is 29.1 Å². The number of nitrogens with zero attached hydrogens (tertiary/aromatic N) is 2. The van der Waals surface area contributed by atoms with Crippen LogP contribution in [0.4, 0.5) is 5.69 Å². The normalized spacial score (nSPS) is 17.9. The number of hydrogen-bond acceptors (Lipinski definition) is 6. The average molecular weight is 484 g/mol. The molecule has 36 heavy (non-hydrogen) atoms. The Bertz CT molecular complexity index is 1360. The maximum atomic E-state index is 13.2. The van der Waals surface area contributed by atoms with Gasteiger partial charge in [-0.15, -0.1) is 0 Å². The number of benzene rings is 2. The molecule has 2 aliphatic rings. The van der Waals surface area contributed by atoms with Crippen molar-refractivity contribution in [3.63, 3.8) is 0 Å². The van der Waals surface area contributed by atoms with Gasteiger partial charge in [-0.3, -0.25) is 14.6 Å². The quantitative estimate of drug-likeness (QED) is 0.572. The zero-order chi connectivity index (χ0) is 25.1. The van der Waals surface area contributed by atoms with Crippen molar-refractivity contribution in [1.82, 2.24) is 10.3 Å². The van der Waals surface area contributed by atoms with Gasteiger partial charge in [0.1, 0.15) is 35.6 Å². The van der Waals surface area contributed by atoms with E-state index in [9.17, 15) is 9.59 Å². The number of hydrogen-bond donors (Lipinski definition) is 1. The summed E-state index contributed by atoms with van der Waals surface area (Å²) < 4.78 is 16.9. The van der Waals surface area contributed by atoms with Gasteiger partial charge in [-0.05, 0) is 43.3 Å². The van der Waals surface area contributed by atoms with E-state index < -0.39 is 11.9 Å². The highest BCUT2D eigenvalue weighted by Crippen LogP contribution is 2.32. The van der Waals surface area contributed by atoms with Crippen LogP contribution < -0.4 is 19.7 Å². The standard InChI is InChI=1S/C28H25N3O5/c1-28(17-34-18-28)12-10-19-8-9-25-24(14-19)31(2)27(33)23(16-35-25)30-26(32)22-15-21(11-13-29-22)36-20-6-4-3-5-7-20/h3-9,11,13-15,23H,16-18H2,1-2H3,(H,30,32). The number of anilines is 1. The maximum absolute atomic E-state index is 13.2. The van der Waals surface area contributed by atoms with Crippen LogP contribution >= 0.6 is 0 Å². The van der Waals surface area contributed by atoms with Gasteiger partial charge in [-0.25, -0.2) is 0 Å². The first kappa shape index (κ1) is 23.4. The van der Waals surface area contributed by atoms with Crippen molar-refractivity contribution in [2.24, 2.45) is 5.41 Å². The summed E-state index contributed by atoms with van der Waals surface area (Å²) in [4.78, 5) is 31.8. The molecule has 0 radical (unpaired) electrons. The summed E-state index contributed by atoms with van der Waals surface area (Å²) in [5.41, 5.74) is 1.35. The highest BCUT2D eigenvalue weighted by molar-refractivity contribution is 6.03. The SMILES string of the molecule is CN1C(=O)C(NC(=O)c2cc(Oc3ccccc3)ccn2)COc2ccc(C#CC3(C)COC3)cc21. The summed E-state index contributed by atoms with van der Waals surface area (Å²) in [6.07, 6.45) is 1.49. The molecule has 0 aliphatic carbocycles. The minimum Gasteiger partial charge on any atom is -0.489 e.